The second-order valence-corrected chi connectivity index (χ2v) is 4.12. The first-order valence-electron chi connectivity index (χ1n) is 5.94. The van der Waals surface area contributed by atoms with Crippen LogP contribution < -0.4 is 15.8 Å². The fourth-order valence-corrected chi connectivity index (χ4v) is 1.64. The largest absolute Gasteiger partial charge is 0.496 e. The molecule has 0 saturated heterocycles. The quantitative estimate of drug-likeness (QED) is 0.726. The van der Waals surface area contributed by atoms with E-state index in [-0.39, 0.29) is 5.91 Å². The molecule has 1 aromatic carbocycles. The molecule has 3 N–H and O–H groups in total. The van der Waals surface area contributed by atoms with Crippen molar-refractivity contribution in [1.29, 1.82) is 0 Å². The van der Waals surface area contributed by atoms with Crippen molar-refractivity contribution in [2.24, 2.45) is 5.73 Å². The van der Waals surface area contributed by atoms with Crippen LogP contribution in [0.15, 0.2) is 24.3 Å². The van der Waals surface area contributed by atoms with Crippen molar-refractivity contribution in [3.63, 3.8) is 0 Å². The number of amides is 1. The molecule has 0 radical (unpaired) electrons. The van der Waals surface area contributed by atoms with Crippen molar-refractivity contribution < 1.29 is 9.53 Å². The fraction of sp³-hybridized carbons (Fsp3) is 0.462. The van der Waals surface area contributed by atoms with Gasteiger partial charge in [-0.3, -0.25) is 9.69 Å². The standard InChI is InChI=1S/C13H21N3O2/c1-16(8-7-14)10-13(17)15-9-11-5-3-4-6-12(11)18-2/h3-6H,7-10,14H2,1-2H3,(H,15,17). The third-order valence-corrected chi connectivity index (χ3v) is 2.59. The smallest absolute Gasteiger partial charge is 0.234 e. The van der Waals surface area contributed by atoms with Gasteiger partial charge in [-0.15, -0.1) is 0 Å². The molecule has 5 nitrogen and oxygen atoms in total. The van der Waals surface area contributed by atoms with E-state index in [0.29, 0.717) is 26.2 Å². The van der Waals surface area contributed by atoms with Crippen LogP contribution in [0, 0.1) is 0 Å². The summed E-state index contributed by atoms with van der Waals surface area (Å²) in [5.74, 6) is 0.768. The third-order valence-electron chi connectivity index (χ3n) is 2.59. The second kappa shape index (κ2) is 7.68. The lowest BCUT2D eigenvalue weighted by Gasteiger charge is -2.15. The summed E-state index contributed by atoms with van der Waals surface area (Å²) in [6, 6.07) is 7.63. The number of hydrogen-bond donors (Lipinski definition) is 2. The van der Waals surface area contributed by atoms with E-state index in [1.807, 2.05) is 36.2 Å². The number of methoxy groups -OCH3 is 1. The summed E-state index contributed by atoms with van der Waals surface area (Å²) in [5, 5.41) is 2.86. The SMILES string of the molecule is COc1ccccc1CNC(=O)CN(C)CCN. The molecule has 0 bridgehead atoms. The minimum absolute atomic E-state index is 0.0168. The molecule has 0 saturated carbocycles. The molecular weight excluding hydrogens is 230 g/mol. The Balaban J connectivity index is 2.42. The lowest BCUT2D eigenvalue weighted by molar-refractivity contribution is -0.122. The van der Waals surface area contributed by atoms with Gasteiger partial charge in [-0.05, 0) is 13.1 Å². The first kappa shape index (κ1) is 14.5. The fourth-order valence-electron chi connectivity index (χ4n) is 1.64. The Morgan fingerprint density at radius 1 is 1.44 bits per heavy atom. The first-order chi connectivity index (χ1) is 8.67. The normalized spacial score (nSPS) is 10.4. The summed E-state index contributed by atoms with van der Waals surface area (Å²) in [4.78, 5) is 13.6. The lowest BCUT2D eigenvalue weighted by Crippen LogP contribution is -2.37. The zero-order valence-corrected chi connectivity index (χ0v) is 11.0. The van der Waals surface area contributed by atoms with Gasteiger partial charge >= 0.3 is 0 Å². The molecule has 0 aromatic heterocycles. The topological polar surface area (TPSA) is 67.6 Å². The Bertz CT molecular complexity index is 382. The molecule has 0 spiro atoms. The van der Waals surface area contributed by atoms with Gasteiger partial charge in [0.25, 0.3) is 0 Å². The molecule has 0 aliphatic rings. The van der Waals surface area contributed by atoms with Crippen molar-refractivity contribution in [2.45, 2.75) is 6.54 Å². The molecule has 5 heteroatoms. The molecule has 0 heterocycles. The van der Waals surface area contributed by atoms with Crippen LogP contribution in [-0.2, 0) is 11.3 Å². The molecule has 0 atom stereocenters. The van der Waals surface area contributed by atoms with Gasteiger partial charge in [0.1, 0.15) is 5.75 Å². The number of nitrogens with one attached hydrogen (secondary N) is 1. The monoisotopic (exact) mass is 251 g/mol. The number of nitrogens with zero attached hydrogens (tertiary/aromatic N) is 1. The van der Waals surface area contributed by atoms with Crippen LogP contribution in [-0.4, -0.2) is 44.6 Å². The van der Waals surface area contributed by atoms with Crippen molar-refractivity contribution in [1.82, 2.24) is 10.2 Å². The number of hydrogen-bond acceptors (Lipinski definition) is 4. The second-order valence-electron chi connectivity index (χ2n) is 4.12. The van der Waals surface area contributed by atoms with Gasteiger partial charge in [-0.25, -0.2) is 0 Å². The maximum absolute atomic E-state index is 11.7. The molecule has 1 amide bonds. The van der Waals surface area contributed by atoms with E-state index < -0.39 is 0 Å². The van der Waals surface area contributed by atoms with Gasteiger partial charge in [0.15, 0.2) is 0 Å². The molecule has 100 valence electrons. The van der Waals surface area contributed by atoms with E-state index in [2.05, 4.69) is 5.32 Å². The third kappa shape index (κ3) is 4.73. The van der Waals surface area contributed by atoms with Crippen molar-refractivity contribution in [3.8, 4) is 5.75 Å². The molecule has 0 aliphatic carbocycles. The molecular formula is C13H21N3O2. The van der Waals surface area contributed by atoms with Crippen LogP contribution in [0.4, 0.5) is 0 Å². The van der Waals surface area contributed by atoms with E-state index in [1.54, 1.807) is 7.11 Å². The molecule has 1 aromatic rings. The van der Waals surface area contributed by atoms with Gasteiger partial charge in [0.05, 0.1) is 13.7 Å². The Morgan fingerprint density at radius 2 is 2.17 bits per heavy atom. The van der Waals surface area contributed by atoms with Crippen LogP contribution in [0.3, 0.4) is 0 Å². The zero-order chi connectivity index (χ0) is 13.4. The van der Waals surface area contributed by atoms with Crippen LogP contribution in [0.25, 0.3) is 0 Å². The van der Waals surface area contributed by atoms with Crippen molar-refractivity contribution in [2.75, 3.05) is 33.8 Å². The minimum atomic E-state index is -0.0168. The number of para-hydroxylation sites is 1. The number of nitrogens with two attached hydrogens (primary N) is 1. The Hall–Kier alpha value is -1.59. The summed E-state index contributed by atoms with van der Waals surface area (Å²) < 4.78 is 5.22. The van der Waals surface area contributed by atoms with Gasteiger partial charge in [0.2, 0.25) is 5.91 Å². The van der Waals surface area contributed by atoms with Gasteiger partial charge in [-0.1, -0.05) is 18.2 Å². The maximum atomic E-state index is 11.7. The molecule has 0 unspecified atom stereocenters. The Labute approximate surface area is 108 Å². The summed E-state index contributed by atoms with van der Waals surface area (Å²) in [6.45, 7) is 2.09. The highest BCUT2D eigenvalue weighted by Gasteiger charge is 2.07. The van der Waals surface area contributed by atoms with Crippen LogP contribution >= 0.6 is 0 Å². The first-order valence-corrected chi connectivity index (χ1v) is 5.94. The number of carbonyl (C=O) groups is 1. The summed E-state index contributed by atoms with van der Waals surface area (Å²) in [7, 11) is 3.49. The highest BCUT2D eigenvalue weighted by Crippen LogP contribution is 2.16. The van der Waals surface area contributed by atoms with Gasteiger partial charge in [-0.2, -0.15) is 0 Å². The number of carbonyl (C=O) groups excluding carboxylic acids is 1. The average molecular weight is 251 g/mol. The molecule has 0 aliphatic heterocycles. The van der Waals surface area contributed by atoms with E-state index >= 15 is 0 Å². The van der Waals surface area contributed by atoms with Crippen LogP contribution in [0.5, 0.6) is 5.75 Å². The van der Waals surface area contributed by atoms with Crippen molar-refractivity contribution in [3.05, 3.63) is 29.8 Å². The van der Waals surface area contributed by atoms with E-state index in [0.717, 1.165) is 11.3 Å². The van der Waals surface area contributed by atoms with Gasteiger partial charge < -0.3 is 15.8 Å². The van der Waals surface area contributed by atoms with Crippen molar-refractivity contribution >= 4 is 5.91 Å². The Kier molecular flexibility index (Phi) is 6.18. The molecule has 1 rings (SSSR count). The van der Waals surface area contributed by atoms with Gasteiger partial charge in [0, 0.05) is 25.2 Å². The lowest BCUT2D eigenvalue weighted by atomic mass is 10.2. The van der Waals surface area contributed by atoms with E-state index in [1.165, 1.54) is 0 Å². The number of rotatable bonds is 7. The summed E-state index contributed by atoms with van der Waals surface area (Å²) >= 11 is 0. The highest BCUT2D eigenvalue weighted by molar-refractivity contribution is 5.78. The van der Waals surface area contributed by atoms with Crippen LogP contribution in [0.1, 0.15) is 5.56 Å². The Morgan fingerprint density at radius 3 is 2.83 bits per heavy atom. The van der Waals surface area contributed by atoms with E-state index in [9.17, 15) is 4.79 Å². The maximum Gasteiger partial charge on any atom is 0.234 e. The highest BCUT2D eigenvalue weighted by atomic mass is 16.5. The predicted molar refractivity (Wildman–Crippen MR) is 71.4 cm³/mol. The summed E-state index contributed by atoms with van der Waals surface area (Å²) in [5.41, 5.74) is 6.39. The van der Waals surface area contributed by atoms with Crippen LogP contribution in [0.2, 0.25) is 0 Å². The minimum Gasteiger partial charge on any atom is -0.496 e. The number of likely N-dealkylation sites (N-methyl/N-ethyl adjacent to an activating group) is 1. The predicted octanol–water partition coefficient (Wildman–Crippen LogP) is 0.202. The van der Waals surface area contributed by atoms with E-state index in [4.69, 9.17) is 10.5 Å². The molecule has 18 heavy (non-hydrogen) atoms. The number of ether oxygens (including phenoxy) is 1. The average Bonchev–Trinajstić information content (AvgIpc) is 2.37. The zero-order valence-electron chi connectivity index (χ0n) is 11.0. The summed E-state index contributed by atoms with van der Waals surface area (Å²) in [6.07, 6.45) is 0. The number of benzene rings is 1. The molecule has 0 fully saturated rings.